The highest BCUT2D eigenvalue weighted by Crippen LogP contribution is 2.15. The molecule has 1 aliphatic rings. The highest BCUT2D eigenvalue weighted by Gasteiger charge is 2.25. The van der Waals surface area contributed by atoms with Gasteiger partial charge in [-0.1, -0.05) is 18.2 Å². The lowest BCUT2D eigenvalue weighted by Crippen LogP contribution is -2.46. The van der Waals surface area contributed by atoms with Gasteiger partial charge in [-0.25, -0.2) is 18.1 Å². The first-order valence-corrected chi connectivity index (χ1v) is 10.4. The molecule has 1 fully saturated rings. The second-order valence-electron chi connectivity index (χ2n) is 5.87. The standard InChI is InChI=1S/C16H20N4O3S2/c21-15(18-16-17-8-11-24-16)12-20-9-6-13(7-10-20)19-25(22,23)14-4-2-1-3-5-14/h1-5,8,11,13,19H,6-7,9-10,12H2,(H,17,18,21). The summed E-state index contributed by atoms with van der Waals surface area (Å²) in [6.45, 7) is 1.64. The number of benzene rings is 1. The van der Waals surface area contributed by atoms with Crippen molar-refractivity contribution in [1.29, 1.82) is 0 Å². The van der Waals surface area contributed by atoms with E-state index in [-0.39, 0.29) is 23.4 Å². The first-order valence-electron chi connectivity index (χ1n) is 8.02. The van der Waals surface area contributed by atoms with Crippen LogP contribution in [0.2, 0.25) is 0 Å². The van der Waals surface area contributed by atoms with E-state index in [1.54, 1.807) is 41.9 Å². The van der Waals surface area contributed by atoms with E-state index in [4.69, 9.17) is 0 Å². The minimum absolute atomic E-state index is 0.0988. The minimum Gasteiger partial charge on any atom is -0.301 e. The van der Waals surface area contributed by atoms with Crippen LogP contribution in [0.5, 0.6) is 0 Å². The van der Waals surface area contributed by atoms with Crippen molar-refractivity contribution in [3.05, 3.63) is 41.9 Å². The molecule has 0 radical (unpaired) electrons. The van der Waals surface area contributed by atoms with Crippen molar-refractivity contribution >= 4 is 32.4 Å². The van der Waals surface area contributed by atoms with E-state index in [1.807, 2.05) is 4.90 Å². The molecular formula is C16H20N4O3S2. The number of hydrogen-bond acceptors (Lipinski definition) is 6. The molecule has 25 heavy (non-hydrogen) atoms. The van der Waals surface area contributed by atoms with Gasteiger partial charge in [-0.05, 0) is 25.0 Å². The van der Waals surface area contributed by atoms with E-state index in [0.29, 0.717) is 31.1 Å². The average Bonchev–Trinajstić information content (AvgIpc) is 3.10. The number of sulfonamides is 1. The number of anilines is 1. The smallest absolute Gasteiger partial charge is 0.240 e. The highest BCUT2D eigenvalue weighted by molar-refractivity contribution is 7.89. The Balaban J connectivity index is 1.46. The Bertz CT molecular complexity index is 786. The number of nitrogens with one attached hydrogen (secondary N) is 2. The molecule has 0 spiro atoms. The molecule has 3 rings (SSSR count). The molecule has 0 bridgehead atoms. The first kappa shape index (κ1) is 18.0. The van der Waals surface area contributed by atoms with Crippen LogP contribution in [0.25, 0.3) is 0 Å². The zero-order valence-corrected chi connectivity index (χ0v) is 15.2. The SMILES string of the molecule is O=C(CN1CCC(NS(=O)(=O)c2ccccc2)CC1)Nc1nccs1. The third-order valence-electron chi connectivity index (χ3n) is 4.01. The second kappa shape index (κ2) is 8.05. The Morgan fingerprint density at radius 2 is 1.96 bits per heavy atom. The van der Waals surface area contributed by atoms with Gasteiger partial charge in [0, 0.05) is 30.7 Å². The maximum Gasteiger partial charge on any atom is 0.240 e. The average molecular weight is 380 g/mol. The van der Waals surface area contributed by atoms with Gasteiger partial charge >= 0.3 is 0 Å². The van der Waals surface area contributed by atoms with Gasteiger partial charge in [-0.15, -0.1) is 11.3 Å². The molecule has 1 aromatic heterocycles. The Morgan fingerprint density at radius 1 is 1.24 bits per heavy atom. The van der Waals surface area contributed by atoms with Gasteiger partial charge < -0.3 is 5.32 Å². The van der Waals surface area contributed by atoms with Crippen molar-refractivity contribution in [3.8, 4) is 0 Å². The molecule has 0 atom stereocenters. The van der Waals surface area contributed by atoms with Gasteiger partial charge in [0.15, 0.2) is 5.13 Å². The van der Waals surface area contributed by atoms with E-state index >= 15 is 0 Å². The van der Waals surface area contributed by atoms with Crippen molar-refractivity contribution < 1.29 is 13.2 Å². The number of carbonyl (C=O) groups is 1. The largest absolute Gasteiger partial charge is 0.301 e. The summed E-state index contributed by atoms with van der Waals surface area (Å²) in [5.74, 6) is -0.0988. The number of rotatable bonds is 6. The van der Waals surface area contributed by atoms with Gasteiger partial charge in [0.1, 0.15) is 0 Å². The molecule has 0 aliphatic carbocycles. The highest BCUT2D eigenvalue weighted by atomic mass is 32.2. The maximum atomic E-state index is 12.3. The van der Waals surface area contributed by atoms with Crippen LogP contribution >= 0.6 is 11.3 Å². The van der Waals surface area contributed by atoms with Crippen molar-refractivity contribution in [1.82, 2.24) is 14.6 Å². The molecule has 1 aliphatic heterocycles. The number of hydrogen-bond donors (Lipinski definition) is 2. The summed E-state index contributed by atoms with van der Waals surface area (Å²) in [5.41, 5.74) is 0. The molecule has 0 unspecified atom stereocenters. The number of carbonyl (C=O) groups excluding carboxylic acids is 1. The second-order valence-corrected chi connectivity index (χ2v) is 8.48. The third kappa shape index (κ3) is 5.08. The molecule has 2 aromatic rings. The monoisotopic (exact) mass is 380 g/mol. The lowest BCUT2D eigenvalue weighted by molar-refractivity contribution is -0.117. The van der Waals surface area contributed by atoms with Crippen LogP contribution in [0.1, 0.15) is 12.8 Å². The van der Waals surface area contributed by atoms with Gasteiger partial charge in [-0.2, -0.15) is 0 Å². The zero-order valence-electron chi connectivity index (χ0n) is 13.6. The van der Waals surface area contributed by atoms with E-state index in [0.717, 1.165) is 0 Å². The van der Waals surface area contributed by atoms with E-state index in [1.165, 1.54) is 11.3 Å². The number of nitrogens with zero attached hydrogens (tertiary/aromatic N) is 2. The quantitative estimate of drug-likeness (QED) is 0.793. The summed E-state index contributed by atoms with van der Waals surface area (Å²) in [7, 11) is -3.49. The van der Waals surface area contributed by atoms with E-state index in [2.05, 4.69) is 15.0 Å². The molecule has 7 nitrogen and oxygen atoms in total. The van der Waals surface area contributed by atoms with Crippen LogP contribution in [-0.4, -0.2) is 49.9 Å². The molecule has 1 saturated heterocycles. The first-order chi connectivity index (χ1) is 12.0. The third-order valence-corrected chi connectivity index (χ3v) is 6.23. The lowest BCUT2D eigenvalue weighted by Gasteiger charge is -2.31. The van der Waals surface area contributed by atoms with Crippen molar-refractivity contribution in [3.63, 3.8) is 0 Å². The number of piperidine rings is 1. The molecule has 2 N–H and O–H groups in total. The molecule has 1 amide bonds. The topological polar surface area (TPSA) is 91.4 Å². The number of amides is 1. The van der Waals surface area contributed by atoms with Gasteiger partial charge in [-0.3, -0.25) is 9.69 Å². The molecule has 1 aromatic carbocycles. The summed E-state index contributed by atoms with van der Waals surface area (Å²) >= 11 is 1.38. The van der Waals surface area contributed by atoms with Crippen LogP contribution in [0, 0.1) is 0 Å². The molecule has 9 heteroatoms. The van der Waals surface area contributed by atoms with Crippen molar-refractivity contribution in [2.75, 3.05) is 25.0 Å². The molecule has 134 valence electrons. The van der Waals surface area contributed by atoms with Crippen LogP contribution in [-0.2, 0) is 14.8 Å². The van der Waals surface area contributed by atoms with Crippen molar-refractivity contribution in [2.45, 2.75) is 23.8 Å². The summed E-state index contributed by atoms with van der Waals surface area (Å²) < 4.78 is 27.4. The van der Waals surface area contributed by atoms with Gasteiger partial charge in [0.05, 0.1) is 11.4 Å². The Hall–Kier alpha value is -1.81. The Kier molecular flexibility index (Phi) is 5.79. The molecular weight excluding hydrogens is 360 g/mol. The normalized spacial score (nSPS) is 16.6. The van der Waals surface area contributed by atoms with Crippen LogP contribution < -0.4 is 10.0 Å². The fourth-order valence-electron chi connectivity index (χ4n) is 2.74. The summed E-state index contributed by atoms with van der Waals surface area (Å²) in [6, 6.07) is 8.26. The molecule has 2 heterocycles. The molecule has 0 saturated carbocycles. The van der Waals surface area contributed by atoms with Crippen LogP contribution in [0.15, 0.2) is 46.8 Å². The van der Waals surface area contributed by atoms with E-state index in [9.17, 15) is 13.2 Å². The zero-order chi connectivity index (χ0) is 17.7. The maximum absolute atomic E-state index is 12.3. The number of likely N-dealkylation sites (tertiary alicyclic amines) is 1. The van der Waals surface area contributed by atoms with Crippen LogP contribution in [0.3, 0.4) is 0 Å². The Morgan fingerprint density at radius 3 is 2.60 bits per heavy atom. The summed E-state index contributed by atoms with van der Waals surface area (Å²) in [4.78, 5) is 18.3. The predicted molar refractivity (Wildman–Crippen MR) is 97.0 cm³/mol. The summed E-state index contributed by atoms with van der Waals surface area (Å²) in [6.07, 6.45) is 3.00. The predicted octanol–water partition coefficient (Wildman–Crippen LogP) is 1.52. The Labute approximate surface area is 151 Å². The number of aromatic nitrogens is 1. The van der Waals surface area contributed by atoms with E-state index < -0.39 is 10.0 Å². The fourth-order valence-corrected chi connectivity index (χ4v) is 4.61. The van der Waals surface area contributed by atoms with Crippen molar-refractivity contribution in [2.24, 2.45) is 0 Å². The van der Waals surface area contributed by atoms with Crippen LogP contribution in [0.4, 0.5) is 5.13 Å². The summed E-state index contributed by atoms with van der Waals surface area (Å²) in [5, 5.41) is 5.15. The van der Waals surface area contributed by atoms with Gasteiger partial charge in [0.25, 0.3) is 0 Å². The number of thiazole rings is 1. The minimum atomic E-state index is -3.49. The fraction of sp³-hybridized carbons (Fsp3) is 0.375. The lowest BCUT2D eigenvalue weighted by atomic mass is 10.1. The van der Waals surface area contributed by atoms with Gasteiger partial charge in [0.2, 0.25) is 15.9 Å².